The van der Waals surface area contributed by atoms with E-state index in [0.29, 0.717) is 12.8 Å². The van der Waals surface area contributed by atoms with Crippen LogP contribution in [-0.2, 0) is 9.53 Å². The van der Waals surface area contributed by atoms with Gasteiger partial charge in [0.05, 0.1) is 18.3 Å². The maximum absolute atomic E-state index is 11.6. The van der Waals surface area contributed by atoms with Crippen molar-refractivity contribution >= 4 is 5.97 Å². The van der Waals surface area contributed by atoms with Gasteiger partial charge >= 0.3 is 5.97 Å². The molecular weight excluding hydrogens is 272 g/mol. The van der Waals surface area contributed by atoms with E-state index in [1.807, 2.05) is 0 Å². The molecule has 1 rings (SSSR count). The lowest BCUT2D eigenvalue weighted by Crippen LogP contribution is -2.28. The van der Waals surface area contributed by atoms with Crippen molar-refractivity contribution in [1.29, 1.82) is 0 Å². The summed E-state index contributed by atoms with van der Waals surface area (Å²) in [4.78, 5) is 11.6. The quantitative estimate of drug-likeness (QED) is 0.593. The zero-order chi connectivity index (χ0) is 15.7. The van der Waals surface area contributed by atoms with Crippen molar-refractivity contribution < 1.29 is 24.9 Å². The molecule has 5 heteroatoms. The Bertz CT molecular complexity index is 329. The number of hydrogen-bond acceptors (Lipinski definition) is 5. The molecule has 0 aromatic heterocycles. The van der Waals surface area contributed by atoms with E-state index in [1.54, 1.807) is 6.92 Å². The van der Waals surface area contributed by atoms with Crippen molar-refractivity contribution in [2.75, 3.05) is 0 Å². The number of hydrogen-bond donors (Lipinski definition) is 3. The fraction of sp³-hybridized carbons (Fsp3) is 0.812. The molecule has 0 unspecified atom stereocenters. The molecule has 0 aromatic rings. The standard InChI is InChI=1S/C16H28O5/c1-12-13(17)8-6-4-2-3-5-7-9-14(18)15(19)10-11-16(20)21-12/h10-15,17-19H,2-9H2,1H3/b11-10+/t12-,13+,14+,15+/m1/s1. The molecule has 21 heavy (non-hydrogen) atoms. The van der Waals surface area contributed by atoms with Crippen molar-refractivity contribution in [3.05, 3.63) is 12.2 Å². The molecule has 122 valence electrons. The summed E-state index contributed by atoms with van der Waals surface area (Å²) in [6, 6.07) is 0. The van der Waals surface area contributed by atoms with Crippen molar-refractivity contribution in [1.82, 2.24) is 0 Å². The van der Waals surface area contributed by atoms with Gasteiger partial charge in [0.2, 0.25) is 0 Å². The van der Waals surface area contributed by atoms with Gasteiger partial charge in [-0.2, -0.15) is 0 Å². The normalized spacial score (nSPS) is 35.9. The second-order valence-corrected chi connectivity index (χ2v) is 5.83. The van der Waals surface area contributed by atoms with Crippen LogP contribution in [0.3, 0.4) is 0 Å². The molecular formula is C16H28O5. The van der Waals surface area contributed by atoms with Gasteiger partial charge in [-0.3, -0.25) is 0 Å². The first-order chi connectivity index (χ1) is 10.0. The summed E-state index contributed by atoms with van der Waals surface area (Å²) in [5.74, 6) is -0.611. The molecule has 5 nitrogen and oxygen atoms in total. The number of esters is 1. The van der Waals surface area contributed by atoms with Gasteiger partial charge in [0, 0.05) is 6.08 Å². The third-order valence-corrected chi connectivity index (χ3v) is 3.92. The minimum atomic E-state index is -1.06. The molecule has 1 heterocycles. The summed E-state index contributed by atoms with van der Waals surface area (Å²) < 4.78 is 5.08. The average molecular weight is 300 g/mol. The lowest BCUT2D eigenvalue weighted by molar-refractivity contribution is -0.147. The van der Waals surface area contributed by atoms with Crippen LogP contribution in [0.5, 0.6) is 0 Å². The van der Waals surface area contributed by atoms with Crippen LogP contribution < -0.4 is 0 Å². The molecule has 0 saturated heterocycles. The van der Waals surface area contributed by atoms with Crippen LogP contribution in [0.4, 0.5) is 0 Å². The van der Waals surface area contributed by atoms with Gasteiger partial charge in [-0.1, -0.05) is 38.5 Å². The second kappa shape index (κ2) is 9.92. The Morgan fingerprint density at radius 3 is 2.10 bits per heavy atom. The van der Waals surface area contributed by atoms with Gasteiger partial charge in [0.15, 0.2) is 0 Å². The Morgan fingerprint density at radius 2 is 1.48 bits per heavy atom. The summed E-state index contributed by atoms with van der Waals surface area (Å²) in [6.45, 7) is 1.66. The highest BCUT2D eigenvalue weighted by molar-refractivity contribution is 5.82. The van der Waals surface area contributed by atoms with Gasteiger partial charge in [0.1, 0.15) is 6.10 Å². The van der Waals surface area contributed by atoms with Gasteiger partial charge in [-0.25, -0.2) is 4.79 Å². The number of aliphatic hydroxyl groups is 3. The maximum Gasteiger partial charge on any atom is 0.330 e. The zero-order valence-corrected chi connectivity index (χ0v) is 12.8. The van der Waals surface area contributed by atoms with Crippen LogP contribution in [0.1, 0.15) is 58.3 Å². The van der Waals surface area contributed by atoms with E-state index >= 15 is 0 Å². The largest absolute Gasteiger partial charge is 0.457 e. The third-order valence-electron chi connectivity index (χ3n) is 3.92. The molecule has 0 bridgehead atoms. The van der Waals surface area contributed by atoms with E-state index < -0.39 is 30.4 Å². The second-order valence-electron chi connectivity index (χ2n) is 5.83. The molecule has 1 aliphatic heterocycles. The summed E-state index contributed by atoms with van der Waals surface area (Å²) >= 11 is 0. The molecule has 0 radical (unpaired) electrons. The smallest absolute Gasteiger partial charge is 0.330 e. The SMILES string of the molecule is C[C@H]1OC(=O)/C=C/[C@H](O)[C@@H](O)CCCCCCCC[C@@H]1O. The van der Waals surface area contributed by atoms with Crippen LogP contribution in [0.15, 0.2) is 12.2 Å². The van der Waals surface area contributed by atoms with Gasteiger partial charge in [-0.05, 0) is 25.8 Å². The molecule has 0 saturated carbocycles. The lowest BCUT2D eigenvalue weighted by atomic mass is 10.0. The molecule has 0 spiro atoms. The van der Waals surface area contributed by atoms with Crippen molar-refractivity contribution in [2.24, 2.45) is 0 Å². The third kappa shape index (κ3) is 7.60. The highest BCUT2D eigenvalue weighted by Crippen LogP contribution is 2.15. The van der Waals surface area contributed by atoms with Crippen LogP contribution in [0.2, 0.25) is 0 Å². The van der Waals surface area contributed by atoms with Crippen molar-refractivity contribution in [2.45, 2.75) is 82.7 Å². The number of rotatable bonds is 0. The Labute approximate surface area is 126 Å². The summed E-state index contributed by atoms with van der Waals surface area (Å²) in [5, 5.41) is 29.4. The first-order valence-electron chi connectivity index (χ1n) is 7.93. The predicted molar refractivity (Wildman–Crippen MR) is 79.7 cm³/mol. The number of carbonyl (C=O) groups is 1. The molecule has 3 N–H and O–H groups in total. The Kier molecular flexibility index (Phi) is 8.57. The van der Waals surface area contributed by atoms with Gasteiger partial charge < -0.3 is 20.1 Å². The van der Waals surface area contributed by atoms with Gasteiger partial charge in [0.25, 0.3) is 0 Å². The minimum absolute atomic E-state index is 0.523. The van der Waals surface area contributed by atoms with E-state index in [9.17, 15) is 20.1 Å². The Balaban J connectivity index is 2.58. The maximum atomic E-state index is 11.6. The van der Waals surface area contributed by atoms with Gasteiger partial charge in [-0.15, -0.1) is 0 Å². The van der Waals surface area contributed by atoms with Crippen LogP contribution in [0, 0.1) is 0 Å². The monoisotopic (exact) mass is 300 g/mol. The Hall–Kier alpha value is -0.910. The molecule has 0 aliphatic carbocycles. The van der Waals surface area contributed by atoms with E-state index in [1.165, 1.54) is 6.08 Å². The molecule has 4 atom stereocenters. The molecule has 1 aliphatic rings. The highest BCUT2D eigenvalue weighted by Gasteiger charge is 2.18. The molecule has 0 fully saturated rings. The minimum Gasteiger partial charge on any atom is -0.457 e. The highest BCUT2D eigenvalue weighted by atomic mass is 16.6. The fourth-order valence-electron chi connectivity index (χ4n) is 2.43. The summed E-state index contributed by atoms with van der Waals surface area (Å²) in [5.41, 5.74) is 0. The van der Waals surface area contributed by atoms with E-state index in [4.69, 9.17) is 4.74 Å². The number of aliphatic hydroxyl groups excluding tert-OH is 3. The van der Waals surface area contributed by atoms with Crippen LogP contribution in [0.25, 0.3) is 0 Å². The molecule has 0 aromatic carbocycles. The first-order valence-corrected chi connectivity index (χ1v) is 7.93. The number of carbonyl (C=O) groups excluding carboxylic acids is 1. The lowest BCUT2D eigenvalue weighted by Gasteiger charge is -2.19. The zero-order valence-electron chi connectivity index (χ0n) is 12.8. The van der Waals surface area contributed by atoms with Crippen molar-refractivity contribution in [3.63, 3.8) is 0 Å². The van der Waals surface area contributed by atoms with E-state index in [-0.39, 0.29) is 0 Å². The van der Waals surface area contributed by atoms with Crippen LogP contribution in [-0.4, -0.2) is 45.7 Å². The topological polar surface area (TPSA) is 87.0 Å². The van der Waals surface area contributed by atoms with Crippen LogP contribution >= 0.6 is 0 Å². The Morgan fingerprint density at radius 1 is 0.952 bits per heavy atom. The number of cyclic esters (lactones) is 1. The summed E-state index contributed by atoms with van der Waals surface area (Å²) in [6.07, 6.45) is 6.39. The molecule has 0 amide bonds. The first kappa shape index (κ1) is 18.1. The number of ether oxygens (including phenoxy) is 1. The van der Waals surface area contributed by atoms with Crippen molar-refractivity contribution in [3.8, 4) is 0 Å². The van der Waals surface area contributed by atoms with E-state index in [2.05, 4.69) is 0 Å². The predicted octanol–water partition coefficient (Wildman–Crippen LogP) is 1.69. The van der Waals surface area contributed by atoms with E-state index in [0.717, 1.165) is 44.6 Å². The average Bonchev–Trinajstić information content (AvgIpc) is 2.45. The fourth-order valence-corrected chi connectivity index (χ4v) is 2.43. The summed E-state index contributed by atoms with van der Waals surface area (Å²) in [7, 11) is 0.